The van der Waals surface area contributed by atoms with Crippen LogP contribution in [0.25, 0.3) is 0 Å². The molecule has 65 heavy (non-hydrogen) atoms. The molecule has 2 saturated heterocycles. The lowest BCUT2D eigenvalue weighted by molar-refractivity contribution is -0.335. The van der Waals surface area contributed by atoms with Crippen LogP contribution in [0.4, 0.5) is 4.79 Å². The molecule has 0 bridgehead atoms. The number of carbonyl (C=O) groups excluding carboxylic acids is 1. The maximum absolute atomic E-state index is 14.3. The Morgan fingerprint density at radius 2 is 1.00 bits per heavy atom. The van der Waals surface area contributed by atoms with Crippen LogP contribution in [0, 0.1) is 0 Å². The summed E-state index contributed by atoms with van der Waals surface area (Å²) in [6.45, 7) is -3.57. The molecule has 0 radical (unpaired) electrons. The van der Waals surface area contributed by atoms with Gasteiger partial charge in [0.2, 0.25) is 0 Å². The number of aliphatic hydroxyl groups is 1. The van der Waals surface area contributed by atoms with Crippen molar-refractivity contribution < 1.29 is 51.9 Å². The fourth-order valence-corrected chi connectivity index (χ4v) is 7.77. The predicted molar refractivity (Wildman–Crippen MR) is 244 cm³/mol. The Labute approximate surface area is 385 Å². The summed E-state index contributed by atoms with van der Waals surface area (Å²) >= 11 is 0. The normalized spacial score (nSPS) is 25.1. The highest BCUT2D eigenvalue weighted by Gasteiger charge is 2.53. The van der Waals surface area contributed by atoms with Crippen molar-refractivity contribution in [2.24, 2.45) is 0 Å². The second-order valence-corrected chi connectivity index (χ2v) is 15.9. The van der Waals surface area contributed by atoms with Crippen molar-refractivity contribution in [1.82, 2.24) is 4.90 Å². The molecule has 2 aliphatic heterocycles. The molecule has 8 rings (SSSR count). The Morgan fingerprint density at radius 1 is 0.538 bits per heavy atom. The van der Waals surface area contributed by atoms with Crippen molar-refractivity contribution in [2.75, 3.05) is 19.8 Å². The minimum Gasteiger partial charge on any atom is -0.445 e. The highest BCUT2D eigenvalue weighted by molar-refractivity contribution is 5.69. The molecule has 0 spiro atoms. The molecule has 11 atom stereocenters. The van der Waals surface area contributed by atoms with Crippen LogP contribution in [-0.4, -0.2) is 84.8 Å². The Morgan fingerprint density at radius 3 is 1.54 bits per heavy atom. The quantitative estimate of drug-likeness (QED) is 0.0754. The first-order valence-electron chi connectivity index (χ1n) is 23.6. The molecule has 2 aliphatic rings. The summed E-state index contributed by atoms with van der Waals surface area (Å²) in [5, 5.41) is 12.3. The maximum atomic E-state index is 14.3. The minimum atomic E-state index is -1.49. The van der Waals surface area contributed by atoms with Gasteiger partial charge in [-0.15, -0.1) is 0 Å². The number of hydrogen-bond acceptors (Lipinski definition) is 10. The average Bonchev–Trinajstić information content (AvgIpc) is 3.73. The first-order chi connectivity index (χ1) is 33.3. The fourth-order valence-electron chi connectivity index (χ4n) is 7.77. The molecule has 0 aliphatic carbocycles. The predicted octanol–water partition coefficient (Wildman–Crippen LogP) is 8.67. The van der Waals surface area contributed by atoms with Crippen molar-refractivity contribution in [3.05, 3.63) is 215 Å². The average molecular weight is 883 g/mol. The third-order valence-electron chi connectivity index (χ3n) is 11.2. The molecule has 6 aromatic rings. The van der Waals surface area contributed by atoms with E-state index in [1.807, 2.05) is 121 Å². The third-order valence-corrected chi connectivity index (χ3v) is 11.2. The summed E-state index contributed by atoms with van der Waals surface area (Å²) < 4.78 is 79.1. The van der Waals surface area contributed by atoms with E-state index in [-0.39, 0.29) is 39.6 Å². The van der Waals surface area contributed by atoms with Gasteiger partial charge >= 0.3 is 6.09 Å². The van der Waals surface area contributed by atoms with E-state index in [1.54, 1.807) is 65.6 Å². The van der Waals surface area contributed by atoms with Crippen LogP contribution in [-0.2, 0) is 77.5 Å². The lowest BCUT2D eigenvalue weighted by Gasteiger charge is -2.45. The zero-order valence-corrected chi connectivity index (χ0v) is 36.0. The minimum absolute atomic E-state index is 0.00990. The van der Waals surface area contributed by atoms with Gasteiger partial charge in [0.15, 0.2) is 6.29 Å². The second kappa shape index (κ2) is 24.0. The van der Waals surface area contributed by atoms with Crippen LogP contribution in [0.2, 0.25) is 0 Å². The first-order valence-corrected chi connectivity index (χ1v) is 21.9. The monoisotopic (exact) mass is 882 g/mol. The largest absolute Gasteiger partial charge is 0.445 e. The van der Waals surface area contributed by atoms with Gasteiger partial charge in [0.05, 0.1) is 62.9 Å². The molecule has 1 N–H and O–H groups in total. The Kier molecular flexibility index (Phi) is 15.5. The summed E-state index contributed by atoms with van der Waals surface area (Å²) in [5.41, 5.74) is 4.25. The summed E-state index contributed by atoms with van der Waals surface area (Å²) in [5.74, 6) is 0. The van der Waals surface area contributed by atoms with E-state index in [9.17, 15) is 11.3 Å². The number of amides is 1. The molecule has 0 aromatic heterocycles. The van der Waals surface area contributed by atoms with Crippen LogP contribution >= 0.6 is 0 Å². The number of benzene rings is 6. The van der Waals surface area contributed by atoms with Crippen molar-refractivity contribution >= 4 is 6.09 Å². The van der Waals surface area contributed by atoms with Gasteiger partial charge < -0.3 is 43.0 Å². The molecule has 338 valence electrons. The highest BCUT2D eigenvalue weighted by Crippen LogP contribution is 2.34. The van der Waals surface area contributed by atoms with E-state index >= 15 is 0 Å². The molecule has 11 heteroatoms. The number of hydrogen-bond donors (Lipinski definition) is 1. The van der Waals surface area contributed by atoms with E-state index < -0.39 is 74.8 Å². The highest BCUT2D eigenvalue weighted by atomic mass is 16.7. The molecule has 2 heterocycles. The summed E-state index contributed by atoms with van der Waals surface area (Å²) in [6, 6.07) is 54.7. The van der Waals surface area contributed by atoms with Crippen LogP contribution in [0.1, 0.15) is 37.5 Å². The summed E-state index contributed by atoms with van der Waals surface area (Å²) in [4.78, 5) is 15.9. The van der Waals surface area contributed by atoms with Gasteiger partial charge in [0.25, 0.3) is 0 Å². The zero-order chi connectivity index (χ0) is 47.1. The van der Waals surface area contributed by atoms with Gasteiger partial charge in [0.1, 0.15) is 43.2 Å². The van der Waals surface area contributed by atoms with Crippen LogP contribution < -0.4 is 0 Å². The SMILES string of the molecule is [2H]C(OC[C@H]1OC(O[C@@H]2[C@@H](COCc3ccccc3)N(C(=O)OCc3ccccc3)C[C@H]2OCc2ccccc2)[C@H](OC([2H])c2ccccc2)[C@@H](OC([2H])c2ccccc2)[C@H]1O)c1ccccc1. The summed E-state index contributed by atoms with van der Waals surface area (Å²) in [7, 11) is 0. The number of ether oxygens (including phenoxy) is 8. The van der Waals surface area contributed by atoms with Gasteiger partial charge in [-0.3, -0.25) is 4.90 Å². The van der Waals surface area contributed by atoms with Gasteiger partial charge in [-0.2, -0.15) is 0 Å². The molecule has 0 saturated carbocycles. The Hall–Kier alpha value is -5.73. The van der Waals surface area contributed by atoms with E-state index in [0.717, 1.165) is 16.7 Å². The molecular formula is C54H57NO10. The van der Waals surface area contributed by atoms with Gasteiger partial charge in [-0.1, -0.05) is 182 Å². The Bertz CT molecular complexity index is 2380. The van der Waals surface area contributed by atoms with Gasteiger partial charge in [-0.25, -0.2) is 4.79 Å². The van der Waals surface area contributed by atoms with Crippen molar-refractivity contribution in [3.63, 3.8) is 0 Å². The van der Waals surface area contributed by atoms with E-state index in [4.69, 9.17) is 40.6 Å². The molecule has 4 unspecified atom stereocenters. The molecule has 1 amide bonds. The van der Waals surface area contributed by atoms with Crippen LogP contribution in [0.3, 0.4) is 0 Å². The summed E-state index contributed by atoms with van der Waals surface area (Å²) in [6.07, 6.45) is -9.18. The fraction of sp³-hybridized carbons (Fsp3) is 0.315. The Balaban J connectivity index is 1.15. The maximum Gasteiger partial charge on any atom is 0.410 e. The molecule has 2 fully saturated rings. The first kappa shape index (κ1) is 41.9. The standard InChI is InChI=1S/C54H57NO10/c56-49-48(39-59-33-41-21-9-2-10-22-41)64-53(52(62-36-44-27-15-5-16-28-44)51(49)61-35-43-25-13-4-14-26-43)65-50-46(38-58-32-40-19-7-1-8-20-40)55(54(57)63-37-45-29-17-6-18-30-45)31-47(50)60-34-42-23-11-3-12-24-42/h1-30,46-53,56H,31-39H2/t46-,47-,48-,49+,50-,51+,52-,53?/m1/s1/i33D,35D,36D/t33?,35?,36?,46-,47-,48-,49+,50-,51+,52-,53?. The number of nitrogens with zero attached hydrogens (tertiary/aromatic N) is 1. The van der Waals surface area contributed by atoms with Crippen molar-refractivity contribution in [3.8, 4) is 0 Å². The lowest BCUT2D eigenvalue weighted by atomic mass is 9.98. The second-order valence-electron chi connectivity index (χ2n) is 15.9. The van der Waals surface area contributed by atoms with Gasteiger partial charge in [-0.05, 0) is 33.4 Å². The van der Waals surface area contributed by atoms with Crippen molar-refractivity contribution in [2.45, 2.75) is 88.5 Å². The molecule has 6 aromatic carbocycles. The number of likely N-dealkylation sites (tertiary alicyclic amines) is 1. The van der Waals surface area contributed by atoms with Crippen molar-refractivity contribution in [1.29, 1.82) is 0 Å². The number of carbonyl (C=O) groups is 1. The molecular weight excluding hydrogens is 823 g/mol. The number of aliphatic hydroxyl groups excluding tert-OH is 1. The topological polar surface area (TPSA) is 114 Å². The van der Waals surface area contributed by atoms with E-state index in [1.165, 1.54) is 0 Å². The third kappa shape index (κ3) is 13.2. The molecule has 11 nitrogen and oxygen atoms in total. The van der Waals surface area contributed by atoms with E-state index in [0.29, 0.717) is 16.7 Å². The zero-order valence-electron chi connectivity index (χ0n) is 39.0. The van der Waals surface area contributed by atoms with Crippen LogP contribution in [0.5, 0.6) is 0 Å². The lowest BCUT2D eigenvalue weighted by Crippen LogP contribution is -2.62. The van der Waals surface area contributed by atoms with E-state index in [2.05, 4.69) is 0 Å². The van der Waals surface area contributed by atoms with Gasteiger partial charge in [0, 0.05) is 0 Å². The number of rotatable bonds is 21. The smallest absolute Gasteiger partial charge is 0.410 e. The van der Waals surface area contributed by atoms with Crippen LogP contribution in [0.15, 0.2) is 182 Å².